The second kappa shape index (κ2) is 10.9. The number of benzene rings is 3. The van der Waals surface area contributed by atoms with Gasteiger partial charge < -0.3 is 8.92 Å². The predicted molar refractivity (Wildman–Crippen MR) is 131 cm³/mol. The molecular formula is C26H22ClNO4S. The first kappa shape index (κ1) is 24.1. The first-order chi connectivity index (χ1) is 15.9. The Bertz CT molecular complexity index is 1310. The molecule has 0 aliphatic heterocycles. The number of halogens is 1. The van der Waals surface area contributed by atoms with Crippen LogP contribution in [-0.4, -0.2) is 15.0 Å². The Morgan fingerprint density at radius 2 is 1.82 bits per heavy atom. The third-order valence-electron chi connectivity index (χ3n) is 4.63. The molecule has 3 rings (SSSR count). The quantitative estimate of drug-likeness (QED) is 0.156. The molecule has 168 valence electrons. The summed E-state index contributed by atoms with van der Waals surface area (Å²) >= 11 is 5.87. The van der Waals surface area contributed by atoms with Gasteiger partial charge in [-0.3, -0.25) is 0 Å². The molecule has 3 aromatic rings. The summed E-state index contributed by atoms with van der Waals surface area (Å²) in [6, 6.07) is 20.6. The van der Waals surface area contributed by atoms with Crippen LogP contribution >= 0.6 is 11.6 Å². The van der Waals surface area contributed by atoms with Gasteiger partial charge in [0.15, 0.2) is 11.5 Å². The van der Waals surface area contributed by atoms with Crippen molar-refractivity contribution in [3.8, 4) is 17.6 Å². The number of hydrogen-bond acceptors (Lipinski definition) is 5. The van der Waals surface area contributed by atoms with E-state index in [0.29, 0.717) is 34.8 Å². The van der Waals surface area contributed by atoms with Crippen molar-refractivity contribution >= 4 is 33.4 Å². The van der Waals surface area contributed by atoms with Crippen molar-refractivity contribution in [1.29, 1.82) is 5.26 Å². The summed E-state index contributed by atoms with van der Waals surface area (Å²) in [6.07, 6.45) is 3.70. The Morgan fingerprint density at radius 1 is 1.12 bits per heavy atom. The maximum Gasteiger partial charge on any atom is 0.339 e. The Balaban J connectivity index is 2.11. The Morgan fingerprint density at radius 3 is 2.42 bits per heavy atom. The molecule has 0 aliphatic carbocycles. The summed E-state index contributed by atoms with van der Waals surface area (Å²) in [6.45, 7) is 5.85. The molecule has 0 unspecified atom stereocenters. The van der Waals surface area contributed by atoms with E-state index in [9.17, 15) is 13.7 Å². The average Bonchev–Trinajstić information content (AvgIpc) is 2.81. The van der Waals surface area contributed by atoms with Gasteiger partial charge in [-0.1, -0.05) is 48.0 Å². The van der Waals surface area contributed by atoms with Crippen molar-refractivity contribution < 1.29 is 17.3 Å². The first-order valence-corrected chi connectivity index (χ1v) is 11.9. The van der Waals surface area contributed by atoms with Gasteiger partial charge in [-0.15, -0.1) is 6.58 Å². The summed E-state index contributed by atoms with van der Waals surface area (Å²) in [4.78, 5) is -0.0290. The maximum atomic E-state index is 12.9. The standard InChI is InChI=1S/C26H22ClNO4S/c1-3-8-21-15-19(16-22(18-28)20-9-6-5-7-10-20)17-25(31-4-2)26(21)32-33(29,30)24-13-11-23(27)12-14-24/h3,5-7,9-17H,1,4,8H2,2H3/b22-16+. The third-order valence-corrected chi connectivity index (χ3v) is 6.12. The number of allylic oxidation sites excluding steroid dienone is 2. The van der Waals surface area contributed by atoms with Crippen molar-refractivity contribution in [2.45, 2.75) is 18.2 Å². The van der Waals surface area contributed by atoms with Crippen LogP contribution in [0.3, 0.4) is 0 Å². The fourth-order valence-electron chi connectivity index (χ4n) is 3.15. The van der Waals surface area contributed by atoms with E-state index in [2.05, 4.69) is 12.6 Å². The second-order valence-electron chi connectivity index (χ2n) is 6.96. The Labute approximate surface area is 199 Å². The fourth-order valence-corrected chi connectivity index (χ4v) is 4.26. The van der Waals surface area contributed by atoms with E-state index >= 15 is 0 Å². The normalized spacial score (nSPS) is 11.5. The number of ether oxygens (including phenoxy) is 1. The van der Waals surface area contributed by atoms with Crippen LogP contribution in [0.15, 0.2) is 84.3 Å². The van der Waals surface area contributed by atoms with Gasteiger partial charge in [0.05, 0.1) is 18.2 Å². The molecule has 0 amide bonds. The molecule has 0 aromatic heterocycles. The molecule has 33 heavy (non-hydrogen) atoms. The SMILES string of the molecule is C=CCc1cc(/C=C(\C#N)c2ccccc2)cc(OCC)c1OS(=O)(=O)c1ccc(Cl)cc1. The van der Waals surface area contributed by atoms with E-state index in [1.165, 1.54) is 24.3 Å². The van der Waals surface area contributed by atoms with Crippen molar-refractivity contribution in [1.82, 2.24) is 0 Å². The van der Waals surface area contributed by atoms with Gasteiger partial charge in [0.2, 0.25) is 0 Å². The molecular weight excluding hydrogens is 458 g/mol. The van der Waals surface area contributed by atoms with E-state index in [4.69, 9.17) is 20.5 Å². The molecule has 0 saturated carbocycles. The van der Waals surface area contributed by atoms with Crippen molar-refractivity contribution in [2.24, 2.45) is 0 Å². The summed E-state index contributed by atoms with van der Waals surface area (Å²) in [5.41, 5.74) is 2.47. The molecule has 3 aromatic carbocycles. The van der Waals surface area contributed by atoms with Gasteiger partial charge in [-0.05, 0) is 66.9 Å². The first-order valence-electron chi connectivity index (χ1n) is 10.2. The number of hydrogen-bond donors (Lipinski definition) is 0. The van der Waals surface area contributed by atoms with Crippen LogP contribution in [0.5, 0.6) is 11.5 Å². The smallest absolute Gasteiger partial charge is 0.339 e. The zero-order chi connectivity index (χ0) is 23.8. The molecule has 0 saturated heterocycles. The van der Waals surface area contributed by atoms with Gasteiger partial charge >= 0.3 is 10.1 Å². The Kier molecular flexibility index (Phi) is 7.94. The largest absolute Gasteiger partial charge is 0.490 e. The zero-order valence-corrected chi connectivity index (χ0v) is 19.6. The lowest BCUT2D eigenvalue weighted by Gasteiger charge is -2.16. The molecule has 0 heterocycles. The van der Waals surface area contributed by atoms with Crippen LogP contribution in [-0.2, 0) is 16.5 Å². The van der Waals surface area contributed by atoms with Crippen molar-refractivity contribution in [2.75, 3.05) is 6.61 Å². The maximum absolute atomic E-state index is 12.9. The lowest BCUT2D eigenvalue weighted by molar-refractivity contribution is 0.326. The molecule has 7 heteroatoms. The lowest BCUT2D eigenvalue weighted by Crippen LogP contribution is -2.12. The highest BCUT2D eigenvalue weighted by Crippen LogP contribution is 2.37. The van der Waals surface area contributed by atoms with E-state index < -0.39 is 10.1 Å². The van der Waals surface area contributed by atoms with Gasteiger partial charge in [-0.2, -0.15) is 13.7 Å². The highest BCUT2D eigenvalue weighted by molar-refractivity contribution is 7.87. The van der Waals surface area contributed by atoms with Crippen LogP contribution in [0.1, 0.15) is 23.6 Å². The van der Waals surface area contributed by atoms with Gasteiger partial charge in [0.1, 0.15) is 4.90 Å². The monoisotopic (exact) mass is 479 g/mol. The highest BCUT2D eigenvalue weighted by atomic mass is 35.5. The minimum atomic E-state index is -4.14. The number of nitriles is 1. The van der Waals surface area contributed by atoms with Gasteiger partial charge in [0, 0.05) is 10.6 Å². The Hall–Kier alpha value is -3.53. The van der Waals surface area contributed by atoms with Gasteiger partial charge in [-0.25, -0.2) is 0 Å². The summed E-state index contributed by atoms with van der Waals surface area (Å²) < 4.78 is 37.1. The molecule has 0 fully saturated rings. The van der Waals surface area contributed by atoms with Crippen LogP contribution < -0.4 is 8.92 Å². The summed E-state index contributed by atoms with van der Waals surface area (Å²) in [5.74, 6) is 0.341. The molecule has 0 atom stereocenters. The number of nitrogens with zero attached hydrogens (tertiary/aromatic N) is 1. The van der Waals surface area contributed by atoms with Crippen LogP contribution in [0.25, 0.3) is 11.6 Å². The minimum Gasteiger partial charge on any atom is -0.490 e. The molecule has 0 N–H and O–H groups in total. The third kappa shape index (κ3) is 6.04. The fraction of sp³-hybridized carbons (Fsp3) is 0.115. The van der Waals surface area contributed by atoms with E-state index in [0.717, 1.165) is 5.56 Å². The van der Waals surface area contributed by atoms with E-state index in [-0.39, 0.29) is 16.4 Å². The second-order valence-corrected chi connectivity index (χ2v) is 8.94. The summed E-state index contributed by atoms with van der Waals surface area (Å²) in [5, 5.41) is 10.1. The highest BCUT2D eigenvalue weighted by Gasteiger charge is 2.22. The molecule has 0 radical (unpaired) electrons. The van der Waals surface area contributed by atoms with Crippen LogP contribution in [0, 0.1) is 11.3 Å². The van der Waals surface area contributed by atoms with Gasteiger partial charge in [0.25, 0.3) is 0 Å². The molecule has 0 spiro atoms. The topological polar surface area (TPSA) is 76.4 Å². The van der Waals surface area contributed by atoms with Crippen molar-refractivity contribution in [3.05, 3.63) is 101 Å². The van der Waals surface area contributed by atoms with E-state index in [1.807, 2.05) is 30.3 Å². The average molecular weight is 480 g/mol. The number of rotatable bonds is 9. The van der Waals surface area contributed by atoms with Crippen LogP contribution in [0.4, 0.5) is 0 Å². The van der Waals surface area contributed by atoms with Crippen LogP contribution in [0.2, 0.25) is 5.02 Å². The molecule has 0 aliphatic rings. The summed E-state index contributed by atoms with van der Waals surface area (Å²) in [7, 11) is -4.14. The molecule has 5 nitrogen and oxygen atoms in total. The zero-order valence-electron chi connectivity index (χ0n) is 18.0. The molecule has 0 bridgehead atoms. The van der Waals surface area contributed by atoms with E-state index in [1.54, 1.807) is 31.2 Å². The predicted octanol–water partition coefficient (Wildman–Crippen LogP) is 6.30. The lowest BCUT2D eigenvalue weighted by atomic mass is 10.0. The van der Waals surface area contributed by atoms with Crippen molar-refractivity contribution in [3.63, 3.8) is 0 Å². The minimum absolute atomic E-state index is 0.0290.